The van der Waals surface area contributed by atoms with Crippen LogP contribution in [-0.4, -0.2) is 0 Å². The van der Waals surface area contributed by atoms with Crippen LogP contribution in [0.4, 0.5) is 0 Å². The van der Waals surface area contributed by atoms with E-state index in [-0.39, 0.29) is 24.8 Å². The minimum Gasteiger partial charge on any atom is -1.00 e. The van der Waals surface area contributed by atoms with Gasteiger partial charge in [-0.3, -0.25) is 0 Å². The van der Waals surface area contributed by atoms with Gasteiger partial charge in [-0.05, 0) is 0 Å². The zero-order chi connectivity index (χ0) is 13.9. The van der Waals surface area contributed by atoms with E-state index in [0.717, 1.165) is 23.7 Å². The largest absolute Gasteiger partial charge is 1.00 e. The van der Waals surface area contributed by atoms with Crippen LogP contribution in [0.5, 0.6) is 0 Å². The van der Waals surface area contributed by atoms with E-state index >= 15 is 0 Å². The molecule has 5 rings (SSSR count). The molecule has 3 fully saturated rings. The third-order valence-electron chi connectivity index (χ3n) is 7.45. The third-order valence-corrected chi connectivity index (χ3v) is 28.8. The normalized spacial score (nSPS) is 42.8. The minimum atomic E-state index is -1.99. The zero-order valence-electron chi connectivity index (χ0n) is 13.6. The molecule has 0 spiro atoms. The second-order valence-electron chi connectivity index (χ2n) is 8.12. The number of rotatable bonds is 2. The molecule has 4 aliphatic carbocycles. The molecule has 2 saturated carbocycles. The van der Waals surface area contributed by atoms with E-state index in [1.807, 2.05) is 0 Å². The Balaban J connectivity index is 0.000000781. The number of allylic oxidation sites excluding steroid dienone is 8. The van der Waals surface area contributed by atoms with Crippen LogP contribution < -0.4 is 24.8 Å². The summed E-state index contributed by atoms with van der Waals surface area (Å²) >= 11 is -1.99. The smallest absolute Gasteiger partial charge is 1.00 e. The molecule has 0 aromatic heterocycles. The number of fused-ring (bicyclic) bond motifs is 2. The van der Waals surface area contributed by atoms with Crippen LogP contribution in [0, 0.1) is 23.7 Å². The van der Waals surface area contributed by atoms with Crippen molar-refractivity contribution in [3.8, 4) is 0 Å². The average molecular weight is 516 g/mol. The monoisotopic (exact) mass is 516 g/mol. The van der Waals surface area contributed by atoms with E-state index in [9.17, 15) is 0 Å². The van der Waals surface area contributed by atoms with Gasteiger partial charge < -0.3 is 24.8 Å². The summed E-state index contributed by atoms with van der Waals surface area (Å²) in [6.45, 7) is 0. The van der Waals surface area contributed by atoms with Crippen LogP contribution in [0.25, 0.3) is 0 Å². The van der Waals surface area contributed by atoms with E-state index in [2.05, 4.69) is 48.6 Å². The maximum absolute atomic E-state index is 2.60. The average Bonchev–Trinajstić information content (AvgIpc) is 3.03. The predicted octanol–water partition coefficient (Wildman–Crippen LogP) is -0.120. The van der Waals surface area contributed by atoms with Crippen molar-refractivity contribution < 1.29 is 44.8 Å². The summed E-state index contributed by atoms with van der Waals surface area (Å²) in [6, 6.07) is 0. The Morgan fingerprint density at radius 2 is 1.00 bits per heavy atom. The summed E-state index contributed by atoms with van der Waals surface area (Å²) in [6.07, 6.45) is 25.7. The third kappa shape index (κ3) is 2.83. The first-order chi connectivity index (χ1) is 10.4. The molecule has 5 aliphatic rings. The van der Waals surface area contributed by atoms with E-state index < -0.39 is 20.0 Å². The molecule has 0 aromatic rings. The van der Waals surface area contributed by atoms with Crippen molar-refractivity contribution in [1.29, 1.82) is 0 Å². The van der Waals surface area contributed by atoms with Crippen molar-refractivity contribution in [3.05, 3.63) is 48.6 Å². The van der Waals surface area contributed by atoms with Gasteiger partial charge in [-0.25, -0.2) is 0 Å². The number of hydrogen-bond acceptors (Lipinski definition) is 0. The van der Waals surface area contributed by atoms with Crippen molar-refractivity contribution in [2.75, 3.05) is 0 Å². The Kier molecular flexibility index (Phi) is 5.51. The van der Waals surface area contributed by atoms with Crippen molar-refractivity contribution in [1.82, 2.24) is 0 Å². The van der Waals surface area contributed by atoms with Crippen LogP contribution in [0.3, 0.4) is 0 Å². The van der Waals surface area contributed by atoms with Crippen molar-refractivity contribution >= 4 is 0 Å². The maximum atomic E-state index is 2.60. The summed E-state index contributed by atoms with van der Waals surface area (Å²) in [7, 11) is 0. The van der Waals surface area contributed by atoms with Gasteiger partial charge in [-0.1, -0.05) is 0 Å². The molecule has 124 valence electrons. The summed E-state index contributed by atoms with van der Waals surface area (Å²) in [4.78, 5) is 0. The second-order valence-corrected chi connectivity index (χ2v) is 25.9. The Morgan fingerprint density at radius 3 is 1.43 bits per heavy atom. The molecule has 0 bridgehead atoms. The molecule has 6 unspecified atom stereocenters. The molecule has 0 aromatic carbocycles. The quantitative estimate of drug-likeness (QED) is 0.450. The van der Waals surface area contributed by atoms with Gasteiger partial charge in [0.15, 0.2) is 0 Å². The first kappa shape index (κ1) is 18.2. The van der Waals surface area contributed by atoms with Gasteiger partial charge in [0.1, 0.15) is 0 Å². The molecule has 0 nitrogen and oxygen atoms in total. The van der Waals surface area contributed by atoms with Crippen molar-refractivity contribution in [3.63, 3.8) is 0 Å². The van der Waals surface area contributed by atoms with Gasteiger partial charge in [0.25, 0.3) is 0 Å². The fourth-order valence-corrected chi connectivity index (χ4v) is 36.7. The Morgan fingerprint density at radius 1 is 0.565 bits per heavy atom. The van der Waals surface area contributed by atoms with Crippen molar-refractivity contribution in [2.24, 2.45) is 23.7 Å². The molecule has 0 amide bonds. The maximum Gasteiger partial charge on any atom is -1.00 e. The molecule has 23 heavy (non-hydrogen) atoms. The van der Waals surface area contributed by atoms with Crippen LogP contribution in [0.2, 0.25) is 15.7 Å². The molecule has 1 saturated heterocycles. The second kappa shape index (κ2) is 6.96. The van der Waals surface area contributed by atoms with Gasteiger partial charge in [0, 0.05) is 0 Å². The summed E-state index contributed by atoms with van der Waals surface area (Å²) in [5.41, 5.74) is 0. The van der Waals surface area contributed by atoms with Gasteiger partial charge >= 0.3 is 134 Å². The Labute approximate surface area is 157 Å². The molecular weight excluding hydrogens is 490 g/mol. The van der Waals surface area contributed by atoms with E-state index in [1.165, 1.54) is 20.2 Å². The number of halogens is 2. The molecule has 0 radical (unpaired) electrons. The van der Waals surface area contributed by atoms with Gasteiger partial charge in [-0.2, -0.15) is 0 Å². The summed E-state index contributed by atoms with van der Waals surface area (Å²) in [5, 5.41) is 0. The van der Waals surface area contributed by atoms with Gasteiger partial charge in [0.05, 0.1) is 0 Å². The van der Waals surface area contributed by atoms with Crippen LogP contribution in [0.1, 0.15) is 25.7 Å². The fourth-order valence-electron chi connectivity index (χ4n) is 6.41. The van der Waals surface area contributed by atoms with E-state index in [0.29, 0.717) is 0 Å². The van der Waals surface area contributed by atoms with Crippen molar-refractivity contribution in [2.45, 2.75) is 41.4 Å². The molecular formula is C20H26Cl2Hf. The van der Waals surface area contributed by atoms with Crippen LogP contribution >= 0.6 is 0 Å². The molecule has 6 atom stereocenters. The number of hydrogen-bond donors (Lipinski definition) is 0. The first-order valence-corrected chi connectivity index (χ1v) is 18.3. The Hall–Kier alpha value is 0.410. The van der Waals surface area contributed by atoms with E-state index in [4.69, 9.17) is 0 Å². The summed E-state index contributed by atoms with van der Waals surface area (Å²) < 4.78 is 5.88. The minimum absolute atomic E-state index is 0. The first-order valence-electron chi connectivity index (χ1n) is 9.08. The summed E-state index contributed by atoms with van der Waals surface area (Å²) in [5.74, 6) is 3.75. The zero-order valence-corrected chi connectivity index (χ0v) is 18.7. The predicted molar refractivity (Wildman–Crippen MR) is 86.1 cm³/mol. The van der Waals surface area contributed by atoms with Crippen LogP contribution in [-0.2, 0) is 20.0 Å². The topological polar surface area (TPSA) is 0 Å². The fraction of sp³-hybridized carbons (Fsp3) is 0.600. The van der Waals surface area contributed by atoms with Gasteiger partial charge in [-0.15, -0.1) is 0 Å². The standard InChI is InChI=1S/2C9H11.C2H4.2ClH.Hf/c2*1-2-5-9-7-3-6-8(9)4-1;1-2;;;/h2*1-2,4-6,8-9H,3,7H2;1-2H2;2*1H;/q;;;;;+2/p-2. The van der Waals surface area contributed by atoms with Crippen LogP contribution in [0.15, 0.2) is 48.6 Å². The molecule has 0 N–H and O–H groups in total. The Bertz CT molecular complexity index is 512. The molecule has 1 heterocycles. The van der Waals surface area contributed by atoms with E-state index in [1.54, 1.807) is 21.2 Å². The molecule has 3 heteroatoms. The van der Waals surface area contributed by atoms with Gasteiger partial charge in [0.2, 0.25) is 0 Å². The molecule has 1 aliphatic heterocycles. The SMILES string of the molecule is C1=CC2CC[CH]([Hf+2]3([CH]4CCC5C=CC=CC54)[CH2][CH2]3)C2C=C1.[Cl-].[Cl-].